The first-order chi connectivity index (χ1) is 15.1. The van der Waals surface area contributed by atoms with Crippen molar-refractivity contribution in [3.05, 3.63) is 35.8 Å². The van der Waals surface area contributed by atoms with E-state index < -0.39 is 0 Å². The van der Waals surface area contributed by atoms with Crippen LogP contribution < -0.4 is 20.1 Å². The second-order valence-corrected chi connectivity index (χ2v) is 8.35. The van der Waals surface area contributed by atoms with Gasteiger partial charge < -0.3 is 25.1 Å². The van der Waals surface area contributed by atoms with Crippen LogP contribution in [0, 0.1) is 12.8 Å². The van der Waals surface area contributed by atoms with Gasteiger partial charge in [-0.3, -0.25) is 4.79 Å². The number of methoxy groups -OCH3 is 1. The molecule has 1 saturated carbocycles. The Bertz CT molecular complexity index is 1120. The lowest BCUT2D eigenvalue weighted by atomic mass is 10.1. The Morgan fingerprint density at radius 3 is 2.81 bits per heavy atom. The molecule has 1 aromatic carbocycles. The Hall–Kier alpha value is -2.84. The van der Waals surface area contributed by atoms with Crippen LogP contribution >= 0.6 is 12.4 Å². The van der Waals surface area contributed by atoms with Crippen LogP contribution in [0.3, 0.4) is 0 Å². The Kier molecular flexibility index (Phi) is 6.53. The first-order valence-corrected chi connectivity index (χ1v) is 10.8. The fourth-order valence-corrected chi connectivity index (χ4v) is 4.08. The first kappa shape index (κ1) is 22.4. The Labute approximate surface area is 192 Å². The summed E-state index contributed by atoms with van der Waals surface area (Å²) in [7, 11) is 1.64. The maximum absolute atomic E-state index is 13.0. The maximum atomic E-state index is 13.0. The van der Waals surface area contributed by atoms with E-state index in [0.717, 1.165) is 47.8 Å². The zero-order valence-electron chi connectivity index (χ0n) is 18.2. The van der Waals surface area contributed by atoms with Crippen LogP contribution in [0.2, 0.25) is 0 Å². The molecule has 2 aliphatic rings. The molecule has 2 fully saturated rings. The molecule has 1 atom stereocenters. The molecule has 1 aliphatic carbocycles. The lowest BCUT2D eigenvalue weighted by Gasteiger charge is -2.13. The number of carbonyl (C=O) groups is 1. The molecule has 5 rings (SSSR count). The number of aromatic nitrogens is 3. The topological polar surface area (TPSA) is 101 Å². The minimum absolute atomic E-state index is 0. The van der Waals surface area contributed by atoms with E-state index in [9.17, 15) is 4.79 Å². The second kappa shape index (κ2) is 9.34. The van der Waals surface area contributed by atoms with Crippen LogP contribution in [0.4, 0.5) is 0 Å². The molecule has 2 aromatic heterocycles. The van der Waals surface area contributed by atoms with Crippen LogP contribution in [0.1, 0.15) is 35.3 Å². The van der Waals surface area contributed by atoms with E-state index >= 15 is 0 Å². The highest BCUT2D eigenvalue weighted by Crippen LogP contribution is 2.38. The molecule has 32 heavy (non-hydrogen) atoms. The van der Waals surface area contributed by atoms with Gasteiger partial charge in [0.25, 0.3) is 5.91 Å². The number of rotatable bonds is 7. The number of benzene rings is 1. The predicted molar refractivity (Wildman–Crippen MR) is 125 cm³/mol. The molecule has 0 spiro atoms. The van der Waals surface area contributed by atoms with Crippen molar-refractivity contribution in [3.8, 4) is 22.8 Å². The number of aromatic amines is 1. The smallest absolute Gasteiger partial charge is 0.255 e. The lowest BCUT2D eigenvalue weighted by Crippen LogP contribution is -2.36. The molecule has 9 heteroatoms. The van der Waals surface area contributed by atoms with Crippen molar-refractivity contribution in [1.29, 1.82) is 0 Å². The van der Waals surface area contributed by atoms with Crippen molar-refractivity contribution < 1.29 is 14.3 Å². The van der Waals surface area contributed by atoms with Gasteiger partial charge in [-0.2, -0.15) is 0 Å². The SMILES string of the molecule is COc1ccc(-c2ncnc3c(C(=O)N[C@@H]4CCNC4)c(C)[nH]c23)c(OCC2CC2)c1.Cl. The number of nitrogens with zero attached hydrogens (tertiary/aromatic N) is 2. The molecule has 0 bridgehead atoms. The number of H-pyrrole nitrogens is 1. The first-order valence-electron chi connectivity index (χ1n) is 10.8. The number of hydrogen-bond acceptors (Lipinski definition) is 6. The van der Waals surface area contributed by atoms with Gasteiger partial charge in [0.2, 0.25) is 0 Å². The standard InChI is InChI=1S/C23H27N5O3.ClH/c1-13-19(23(29)28-15-7-8-24-10-15)21-22(27-13)20(25-12-26-21)17-6-5-16(30-2)9-18(17)31-11-14-3-4-14;/h5-6,9,12,14-15,24,27H,3-4,7-8,10-11H2,1-2H3,(H,28,29);1H/t15-;/m1./s1. The Balaban J connectivity index is 0.00000245. The minimum Gasteiger partial charge on any atom is -0.497 e. The highest BCUT2D eigenvalue weighted by Gasteiger charge is 2.26. The third-order valence-corrected chi connectivity index (χ3v) is 6.01. The minimum atomic E-state index is -0.109. The predicted octanol–water partition coefficient (Wildman–Crippen LogP) is 3.24. The third kappa shape index (κ3) is 4.38. The molecule has 8 nitrogen and oxygen atoms in total. The van der Waals surface area contributed by atoms with Gasteiger partial charge >= 0.3 is 0 Å². The van der Waals surface area contributed by atoms with E-state index in [1.807, 2.05) is 25.1 Å². The largest absolute Gasteiger partial charge is 0.497 e. The molecule has 0 unspecified atom stereocenters. The summed E-state index contributed by atoms with van der Waals surface area (Å²) in [4.78, 5) is 25.4. The number of amides is 1. The molecule has 170 valence electrons. The molecule has 1 amide bonds. The zero-order chi connectivity index (χ0) is 21.4. The average molecular weight is 458 g/mol. The van der Waals surface area contributed by atoms with E-state index in [0.29, 0.717) is 29.3 Å². The highest BCUT2D eigenvalue weighted by atomic mass is 35.5. The van der Waals surface area contributed by atoms with Crippen molar-refractivity contribution in [2.75, 3.05) is 26.8 Å². The van der Waals surface area contributed by atoms with Crippen LogP contribution in [-0.2, 0) is 0 Å². The Morgan fingerprint density at radius 2 is 2.09 bits per heavy atom. The van der Waals surface area contributed by atoms with Gasteiger partial charge in [0.05, 0.1) is 24.8 Å². The lowest BCUT2D eigenvalue weighted by molar-refractivity contribution is 0.0941. The Morgan fingerprint density at radius 1 is 1.25 bits per heavy atom. The van der Waals surface area contributed by atoms with Crippen LogP contribution in [0.5, 0.6) is 11.5 Å². The van der Waals surface area contributed by atoms with Crippen molar-refractivity contribution in [1.82, 2.24) is 25.6 Å². The summed E-state index contributed by atoms with van der Waals surface area (Å²) in [6.45, 7) is 4.29. The van der Waals surface area contributed by atoms with Gasteiger partial charge in [0.15, 0.2) is 0 Å². The zero-order valence-corrected chi connectivity index (χ0v) is 19.1. The number of fused-ring (bicyclic) bond motifs is 1. The van der Waals surface area contributed by atoms with E-state index in [-0.39, 0.29) is 24.4 Å². The van der Waals surface area contributed by atoms with Crippen LogP contribution in [0.15, 0.2) is 24.5 Å². The summed E-state index contributed by atoms with van der Waals surface area (Å²) in [5.41, 5.74) is 4.25. The third-order valence-electron chi connectivity index (χ3n) is 6.01. The molecule has 0 radical (unpaired) electrons. The number of ether oxygens (including phenoxy) is 2. The molecular formula is C23H28ClN5O3. The fourth-order valence-electron chi connectivity index (χ4n) is 4.08. The van der Waals surface area contributed by atoms with Crippen LogP contribution in [0.25, 0.3) is 22.3 Å². The van der Waals surface area contributed by atoms with Crippen molar-refractivity contribution >= 4 is 29.3 Å². The molecular weight excluding hydrogens is 430 g/mol. The van der Waals surface area contributed by atoms with Gasteiger partial charge in [-0.1, -0.05) is 0 Å². The van der Waals surface area contributed by atoms with Crippen molar-refractivity contribution in [2.45, 2.75) is 32.2 Å². The quantitative estimate of drug-likeness (QED) is 0.503. The van der Waals surface area contributed by atoms with Crippen molar-refractivity contribution in [2.24, 2.45) is 5.92 Å². The van der Waals surface area contributed by atoms with E-state index in [2.05, 4.69) is 25.6 Å². The van der Waals surface area contributed by atoms with Crippen molar-refractivity contribution in [3.63, 3.8) is 0 Å². The van der Waals surface area contributed by atoms with Gasteiger partial charge in [-0.25, -0.2) is 9.97 Å². The normalized spacial score (nSPS) is 17.8. The number of aryl methyl sites for hydroxylation is 1. The van der Waals surface area contributed by atoms with E-state index in [4.69, 9.17) is 9.47 Å². The average Bonchev–Trinajstić information content (AvgIpc) is 3.34. The summed E-state index contributed by atoms with van der Waals surface area (Å²) in [6, 6.07) is 5.87. The second-order valence-electron chi connectivity index (χ2n) is 8.35. The molecule has 1 aliphatic heterocycles. The van der Waals surface area contributed by atoms with Gasteiger partial charge in [0.1, 0.15) is 29.0 Å². The van der Waals surface area contributed by atoms with Gasteiger partial charge in [-0.05, 0) is 50.8 Å². The molecule has 3 N–H and O–H groups in total. The van der Waals surface area contributed by atoms with Gasteiger partial charge in [-0.15, -0.1) is 12.4 Å². The summed E-state index contributed by atoms with van der Waals surface area (Å²) in [5.74, 6) is 1.97. The monoisotopic (exact) mass is 457 g/mol. The number of carbonyl (C=O) groups excluding carboxylic acids is 1. The fraction of sp³-hybridized carbons (Fsp3) is 0.435. The number of hydrogen-bond donors (Lipinski definition) is 3. The maximum Gasteiger partial charge on any atom is 0.255 e. The molecule has 3 aromatic rings. The summed E-state index contributed by atoms with van der Waals surface area (Å²) < 4.78 is 11.5. The summed E-state index contributed by atoms with van der Waals surface area (Å²) in [5, 5.41) is 6.39. The molecule has 1 saturated heterocycles. The van der Waals surface area contributed by atoms with Crippen LogP contribution in [-0.4, -0.2) is 53.7 Å². The number of halogens is 1. The number of nitrogens with one attached hydrogen (secondary N) is 3. The summed E-state index contributed by atoms with van der Waals surface area (Å²) in [6.07, 6.45) is 4.86. The molecule has 3 heterocycles. The van der Waals surface area contributed by atoms with Gasteiger partial charge in [0, 0.05) is 29.9 Å². The highest BCUT2D eigenvalue weighted by molar-refractivity contribution is 6.09. The van der Waals surface area contributed by atoms with E-state index in [1.165, 1.54) is 19.2 Å². The van der Waals surface area contributed by atoms with E-state index in [1.54, 1.807) is 7.11 Å². The summed E-state index contributed by atoms with van der Waals surface area (Å²) >= 11 is 0.